The Hall–Kier alpha value is -2.87. The van der Waals surface area contributed by atoms with E-state index in [9.17, 15) is 13.2 Å². The topological polar surface area (TPSA) is 71.4 Å². The molecule has 0 saturated carbocycles. The molecule has 1 N–H and O–H groups in total. The molecule has 0 saturated heterocycles. The molecule has 0 bridgehead atoms. The van der Waals surface area contributed by atoms with Gasteiger partial charge in [0.25, 0.3) is 5.91 Å². The second kappa shape index (κ2) is 9.17. The van der Waals surface area contributed by atoms with E-state index in [1.807, 2.05) is 30.3 Å². The Morgan fingerprint density at radius 1 is 0.939 bits per heavy atom. The van der Waals surface area contributed by atoms with Gasteiger partial charge >= 0.3 is 0 Å². The normalized spacial score (nSPS) is 12.0. The lowest BCUT2D eigenvalue weighted by Crippen LogP contribution is -2.31. The van der Waals surface area contributed by atoms with E-state index in [0.717, 1.165) is 28.4 Å². The molecular weight excluding hydrogens is 458 g/mol. The zero-order valence-electron chi connectivity index (χ0n) is 18.8. The highest BCUT2D eigenvalue weighted by atomic mass is 35.5. The molecule has 3 aromatic carbocycles. The lowest BCUT2D eigenvalue weighted by atomic mass is 10.1. The third-order valence-electron chi connectivity index (χ3n) is 5.86. The number of rotatable bonds is 7. The summed E-state index contributed by atoms with van der Waals surface area (Å²) >= 11 is 6.20. The van der Waals surface area contributed by atoms with Gasteiger partial charge in [-0.2, -0.15) is 4.31 Å². The van der Waals surface area contributed by atoms with Crippen molar-refractivity contribution in [2.75, 3.05) is 18.4 Å². The van der Waals surface area contributed by atoms with Crippen LogP contribution in [0.3, 0.4) is 0 Å². The van der Waals surface area contributed by atoms with Crippen molar-refractivity contribution in [2.24, 2.45) is 0 Å². The maximum atomic E-state index is 13.0. The van der Waals surface area contributed by atoms with Crippen LogP contribution in [-0.4, -0.2) is 36.3 Å². The van der Waals surface area contributed by atoms with Gasteiger partial charge in [-0.05, 0) is 49.4 Å². The number of hydrogen-bond acceptors (Lipinski definition) is 3. The van der Waals surface area contributed by atoms with Crippen LogP contribution >= 0.6 is 11.6 Å². The molecule has 4 aromatic rings. The van der Waals surface area contributed by atoms with E-state index in [2.05, 4.69) is 28.9 Å². The fourth-order valence-electron chi connectivity index (χ4n) is 4.22. The fourth-order valence-corrected chi connectivity index (χ4v) is 6.18. The van der Waals surface area contributed by atoms with Crippen molar-refractivity contribution in [3.8, 4) is 0 Å². The van der Waals surface area contributed by atoms with Crippen LogP contribution in [0.4, 0.5) is 5.69 Å². The van der Waals surface area contributed by atoms with Crippen LogP contribution in [0.15, 0.2) is 65.6 Å². The lowest BCUT2D eigenvalue weighted by molar-refractivity contribution is 0.102. The number of benzene rings is 3. The molecule has 0 aliphatic rings. The van der Waals surface area contributed by atoms with Crippen LogP contribution in [-0.2, 0) is 16.6 Å². The Morgan fingerprint density at radius 2 is 1.64 bits per heavy atom. The van der Waals surface area contributed by atoms with Crippen molar-refractivity contribution < 1.29 is 13.2 Å². The van der Waals surface area contributed by atoms with Gasteiger partial charge in [-0.25, -0.2) is 8.42 Å². The molecule has 6 nitrogen and oxygen atoms in total. The average Bonchev–Trinajstić information content (AvgIpc) is 3.12. The van der Waals surface area contributed by atoms with E-state index < -0.39 is 15.9 Å². The number of sulfonamides is 1. The van der Waals surface area contributed by atoms with Gasteiger partial charge in [0.1, 0.15) is 4.90 Å². The fraction of sp³-hybridized carbons (Fsp3) is 0.240. The van der Waals surface area contributed by atoms with E-state index in [0.29, 0.717) is 18.8 Å². The number of halogens is 1. The van der Waals surface area contributed by atoms with E-state index in [4.69, 9.17) is 11.6 Å². The number of amides is 1. The Bertz CT molecular complexity index is 1460. The highest BCUT2D eigenvalue weighted by Crippen LogP contribution is 2.31. The van der Waals surface area contributed by atoms with Gasteiger partial charge in [0.15, 0.2) is 0 Å². The van der Waals surface area contributed by atoms with Crippen molar-refractivity contribution in [3.05, 3.63) is 71.2 Å². The number of fused-ring (bicyclic) bond motifs is 3. The summed E-state index contributed by atoms with van der Waals surface area (Å²) in [5, 5.41) is 5.15. The van der Waals surface area contributed by atoms with Crippen LogP contribution in [0.2, 0.25) is 5.02 Å². The average molecular weight is 484 g/mol. The number of para-hydroxylation sites is 1. The standard InChI is InChI=1S/C25H26ClN3O3S/c1-4-28(5-2)33(31,32)24-15-17(11-13-21(24)26)25(30)27-18-12-14-23-20(16-18)19-9-7-8-10-22(19)29(23)6-3/h7-16H,4-6H2,1-3H3,(H,27,30). The van der Waals surface area contributed by atoms with Crippen molar-refractivity contribution in [2.45, 2.75) is 32.2 Å². The summed E-state index contributed by atoms with van der Waals surface area (Å²) in [4.78, 5) is 12.9. The van der Waals surface area contributed by atoms with Gasteiger partial charge in [0, 0.05) is 52.7 Å². The van der Waals surface area contributed by atoms with Gasteiger partial charge in [0.2, 0.25) is 10.0 Å². The van der Waals surface area contributed by atoms with Crippen LogP contribution in [0.25, 0.3) is 21.8 Å². The highest BCUT2D eigenvalue weighted by molar-refractivity contribution is 7.89. The number of nitrogens with one attached hydrogen (secondary N) is 1. The lowest BCUT2D eigenvalue weighted by Gasteiger charge is -2.19. The number of nitrogens with zero attached hydrogens (tertiary/aromatic N) is 2. The van der Waals surface area contributed by atoms with E-state index in [-0.39, 0.29) is 15.5 Å². The number of aryl methyl sites for hydroxylation is 1. The molecule has 0 radical (unpaired) electrons. The molecule has 8 heteroatoms. The highest BCUT2D eigenvalue weighted by Gasteiger charge is 2.25. The molecule has 33 heavy (non-hydrogen) atoms. The molecular formula is C25H26ClN3O3S. The Morgan fingerprint density at radius 3 is 2.33 bits per heavy atom. The number of carbonyl (C=O) groups excluding carboxylic acids is 1. The summed E-state index contributed by atoms with van der Waals surface area (Å²) in [6.07, 6.45) is 0. The quantitative estimate of drug-likeness (QED) is 0.363. The summed E-state index contributed by atoms with van der Waals surface area (Å²) in [7, 11) is -3.80. The smallest absolute Gasteiger partial charge is 0.255 e. The molecule has 0 fully saturated rings. The minimum absolute atomic E-state index is 0.0676. The molecule has 0 spiro atoms. The van der Waals surface area contributed by atoms with E-state index >= 15 is 0 Å². The van der Waals surface area contributed by atoms with Crippen LogP contribution in [0.1, 0.15) is 31.1 Å². The number of carbonyl (C=O) groups is 1. The zero-order chi connectivity index (χ0) is 23.8. The third-order valence-corrected chi connectivity index (χ3v) is 8.39. The first-order chi connectivity index (χ1) is 15.8. The molecule has 0 aliphatic heterocycles. The number of aromatic nitrogens is 1. The van der Waals surface area contributed by atoms with Gasteiger partial charge in [-0.3, -0.25) is 4.79 Å². The first-order valence-electron chi connectivity index (χ1n) is 10.9. The minimum atomic E-state index is -3.80. The summed E-state index contributed by atoms with van der Waals surface area (Å²) in [6, 6.07) is 18.3. The molecule has 0 unspecified atom stereocenters. The summed E-state index contributed by atoms with van der Waals surface area (Å²) < 4.78 is 29.5. The van der Waals surface area contributed by atoms with Crippen molar-refractivity contribution in [3.63, 3.8) is 0 Å². The van der Waals surface area contributed by atoms with Gasteiger partial charge in [-0.15, -0.1) is 0 Å². The van der Waals surface area contributed by atoms with Gasteiger partial charge in [-0.1, -0.05) is 43.6 Å². The second-order valence-corrected chi connectivity index (χ2v) is 10.00. The second-order valence-electron chi connectivity index (χ2n) is 7.68. The monoisotopic (exact) mass is 483 g/mol. The Labute approximate surface area is 198 Å². The first kappa shape index (κ1) is 23.3. The summed E-state index contributed by atoms with van der Waals surface area (Å²) in [5.41, 5.74) is 3.09. The van der Waals surface area contributed by atoms with Crippen LogP contribution in [0, 0.1) is 0 Å². The van der Waals surface area contributed by atoms with E-state index in [1.165, 1.54) is 22.5 Å². The van der Waals surface area contributed by atoms with Crippen molar-refractivity contribution in [1.29, 1.82) is 0 Å². The molecule has 1 amide bonds. The molecule has 1 heterocycles. The van der Waals surface area contributed by atoms with Gasteiger partial charge < -0.3 is 9.88 Å². The van der Waals surface area contributed by atoms with E-state index in [1.54, 1.807) is 13.8 Å². The van der Waals surface area contributed by atoms with Crippen molar-refractivity contribution >= 4 is 55.0 Å². The molecule has 1 aromatic heterocycles. The number of anilines is 1. The summed E-state index contributed by atoms with van der Waals surface area (Å²) in [6.45, 7) is 7.10. The molecule has 0 atom stereocenters. The predicted molar refractivity (Wildman–Crippen MR) is 135 cm³/mol. The Balaban J connectivity index is 1.70. The maximum absolute atomic E-state index is 13.0. The molecule has 0 aliphatic carbocycles. The summed E-state index contributed by atoms with van der Waals surface area (Å²) in [5.74, 6) is -0.402. The maximum Gasteiger partial charge on any atom is 0.255 e. The van der Waals surface area contributed by atoms with Crippen LogP contribution < -0.4 is 5.32 Å². The SMILES string of the molecule is CCN(CC)S(=O)(=O)c1cc(C(=O)Nc2ccc3c(c2)c2ccccc2n3CC)ccc1Cl. The molecule has 172 valence electrons. The van der Waals surface area contributed by atoms with Gasteiger partial charge in [0.05, 0.1) is 5.02 Å². The Kier molecular flexibility index (Phi) is 6.47. The van der Waals surface area contributed by atoms with Crippen molar-refractivity contribution in [1.82, 2.24) is 8.87 Å². The number of hydrogen-bond donors (Lipinski definition) is 1. The minimum Gasteiger partial charge on any atom is -0.341 e. The molecule has 4 rings (SSSR count). The van der Waals surface area contributed by atoms with Crippen LogP contribution in [0.5, 0.6) is 0 Å². The third kappa shape index (κ3) is 4.12. The predicted octanol–water partition coefficient (Wildman–Crippen LogP) is 5.75. The first-order valence-corrected chi connectivity index (χ1v) is 12.8. The largest absolute Gasteiger partial charge is 0.341 e. The zero-order valence-corrected chi connectivity index (χ0v) is 20.4.